The highest BCUT2D eigenvalue weighted by Gasteiger charge is 2.14. The van der Waals surface area contributed by atoms with E-state index in [0.717, 1.165) is 5.69 Å². The predicted molar refractivity (Wildman–Crippen MR) is 85.8 cm³/mol. The molecule has 0 aliphatic heterocycles. The van der Waals surface area contributed by atoms with Crippen molar-refractivity contribution in [2.75, 3.05) is 5.32 Å². The van der Waals surface area contributed by atoms with Gasteiger partial charge in [0.1, 0.15) is 0 Å². The van der Waals surface area contributed by atoms with Gasteiger partial charge in [-0.3, -0.25) is 4.79 Å². The van der Waals surface area contributed by atoms with Crippen LogP contribution in [0.1, 0.15) is 10.5 Å². The van der Waals surface area contributed by atoms with Crippen molar-refractivity contribution >= 4 is 34.8 Å². The van der Waals surface area contributed by atoms with Crippen LogP contribution < -0.4 is 5.32 Å². The molecule has 2 aromatic carbocycles. The predicted octanol–water partition coefficient (Wildman–Crippen LogP) is 3.83. The van der Waals surface area contributed by atoms with E-state index in [1.54, 1.807) is 18.2 Å². The molecule has 0 fully saturated rings. The van der Waals surface area contributed by atoms with Crippen molar-refractivity contribution in [2.45, 2.75) is 0 Å². The molecule has 0 saturated carbocycles. The molecular weight excluding hydrogens is 323 g/mol. The average molecular weight is 333 g/mol. The third-order valence-electron chi connectivity index (χ3n) is 2.91. The highest BCUT2D eigenvalue weighted by Crippen LogP contribution is 2.29. The number of anilines is 1. The number of nitrogens with one attached hydrogen (secondary N) is 1. The van der Waals surface area contributed by atoms with Crippen molar-refractivity contribution < 1.29 is 4.79 Å². The fourth-order valence-electron chi connectivity index (χ4n) is 1.84. The normalized spacial score (nSPS) is 10.5. The molecule has 0 spiro atoms. The zero-order valence-corrected chi connectivity index (χ0v) is 12.7. The SMILES string of the molecule is O=C(Nc1cccc(Cl)c1Cl)c1cnn(-c2ccccc2)n1. The van der Waals surface area contributed by atoms with Crippen molar-refractivity contribution in [3.8, 4) is 5.69 Å². The van der Waals surface area contributed by atoms with E-state index in [1.165, 1.54) is 11.0 Å². The fourth-order valence-corrected chi connectivity index (χ4v) is 2.19. The molecule has 0 aliphatic rings. The first-order valence-electron chi connectivity index (χ1n) is 6.38. The van der Waals surface area contributed by atoms with Crippen LogP contribution in [0.25, 0.3) is 5.69 Å². The monoisotopic (exact) mass is 332 g/mol. The van der Waals surface area contributed by atoms with Gasteiger partial charge in [-0.15, -0.1) is 5.10 Å². The van der Waals surface area contributed by atoms with Crippen molar-refractivity contribution in [1.29, 1.82) is 0 Å². The highest BCUT2D eigenvalue weighted by atomic mass is 35.5. The van der Waals surface area contributed by atoms with Crippen LogP contribution in [0.5, 0.6) is 0 Å². The zero-order valence-electron chi connectivity index (χ0n) is 11.2. The molecule has 0 aliphatic carbocycles. The fraction of sp³-hybridized carbons (Fsp3) is 0. The van der Waals surface area contributed by atoms with E-state index >= 15 is 0 Å². The number of amides is 1. The number of aromatic nitrogens is 3. The summed E-state index contributed by atoms with van der Waals surface area (Å²) < 4.78 is 0. The van der Waals surface area contributed by atoms with E-state index in [9.17, 15) is 4.79 Å². The maximum absolute atomic E-state index is 12.2. The third kappa shape index (κ3) is 2.95. The van der Waals surface area contributed by atoms with Crippen LogP contribution in [0.3, 0.4) is 0 Å². The number of benzene rings is 2. The Kier molecular flexibility index (Phi) is 4.09. The summed E-state index contributed by atoms with van der Waals surface area (Å²) in [6.07, 6.45) is 1.39. The lowest BCUT2D eigenvalue weighted by atomic mass is 10.3. The third-order valence-corrected chi connectivity index (χ3v) is 3.73. The summed E-state index contributed by atoms with van der Waals surface area (Å²) in [4.78, 5) is 13.6. The molecule has 3 rings (SSSR count). The van der Waals surface area contributed by atoms with E-state index in [1.807, 2.05) is 30.3 Å². The summed E-state index contributed by atoms with van der Waals surface area (Å²) in [6.45, 7) is 0. The van der Waals surface area contributed by atoms with Gasteiger partial charge in [0.25, 0.3) is 5.91 Å². The number of carbonyl (C=O) groups excluding carboxylic acids is 1. The van der Waals surface area contributed by atoms with Gasteiger partial charge in [-0.05, 0) is 24.3 Å². The molecule has 0 unspecified atom stereocenters. The van der Waals surface area contributed by atoms with Gasteiger partial charge in [-0.2, -0.15) is 9.90 Å². The quantitative estimate of drug-likeness (QED) is 0.792. The molecule has 1 heterocycles. The Morgan fingerprint density at radius 1 is 1.05 bits per heavy atom. The van der Waals surface area contributed by atoms with Crippen LogP contribution >= 0.6 is 23.2 Å². The minimum Gasteiger partial charge on any atom is -0.319 e. The standard InChI is InChI=1S/C15H10Cl2N4O/c16-11-7-4-8-12(14(11)17)19-15(22)13-9-18-21(20-13)10-5-2-1-3-6-10/h1-9H,(H,19,22). The number of hydrogen-bond donors (Lipinski definition) is 1. The molecule has 1 N–H and O–H groups in total. The molecule has 3 aromatic rings. The minimum atomic E-state index is -0.411. The van der Waals surface area contributed by atoms with E-state index in [0.29, 0.717) is 10.7 Å². The lowest BCUT2D eigenvalue weighted by Crippen LogP contribution is -2.13. The zero-order chi connectivity index (χ0) is 15.5. The van der Waals surface area contributed by atoms with Gasteiger partial charge >= 0.3 is 0 Å². The second-order valence-corrected chi connectivity index (χ2v) is 5.20. The second-order valence-electron chi connectivity index (χ2n) is 4.41. The Balaban J connectivity index is 1.82. The smallest absolute Gasteiger partial charge is 0.277 e. The number of rotatable bonds is 3. The molecule has 0 bridgehead atoms. The second kappa shape index (κ2) is 6.17. The Hall–Kier alpha value is -2.37. The van der Waals surface area contributed by atoms with Gasteiger partial charge in [-0.25, -0.2) is 0 Å². The van der Waals surface area contributed by atoms with Crippen LogP contribution in [0.2, 0.25) is 10.0 Å². The molecule has 0 saturated heterocycles. The van der Waals surface area contributed by atoms with Crippen LogP contribution in [0, 0.1) is 0 Å². The molecule has 0 radical (unpaired) electrons. The Labute approximate surface area is 136 Å². The summed E-state index contributed by atoms with van der Waals surface area (Å²) in [5.74, 6) is -0.411. The van der Waals surface area contributed by atoms with Gasteiger partial charge in [0, 0.05) is 0 Å². The molecule has 1 amide bonds. The van der Waals surface area contributed by atoms with Gasteiger partial charge < -0.3 is 5.32 Å². The molecule has 22 heavy (non-hydrogen) atoms. The number of halogens is 2. The van der Waals surface area contributed by atoms with Crippen molar-refractivity contribution in [3.63, 3.8) is 0 Å². The van der Waals surface area contributed by atoms with Crippen LogP contribution in [-0.4, -0.2) is 20.9 Å². The first-order valence-corrected chi connectivity index (χ1v) is 7.14. The van der Waals surface area contributed by atoms with Crippen molar-refractivity contribution in [2.24, 2.45) is 0 Å². The molecule has 5 nitrogen and oxygen atoms in total. The van der Waals surface area contributed by atoms with Crippen molar-refractivity contribution in [1.82, 2.24) is 15.0 Å². The van der Waals surface area contributed by atoms with E-state index in [2.05, 4.69) is 15.5 Å². The summed E-state index contributed by atoms with van der Waals surface area (Å²) in [5, 5.41) is 11.5. The van der Waals surface area contributed by atoms with E-state index < -0.39 is 5.91 Å². The summed E-state index contributed by atoms with van der Waals surface area (Å²) in [5.41, 5.74) is 1.37. The summed E-state index contributed by atoms with van der Waals surface area (Å²) in [7, 11) is 0. The lowest BCUT2D eigenvalue weighted by Gasteiger charge is -2.06. The van der Waals surface area contributed by atoms with Gasteiger partial charge in [0.15, 0.2) is 5.69 Å². The molecule has 7 heteroatoms. The molecule has 0 atom stereocenters. The van der Waals surface area contributed by atoms with Gasteiger partial charge in [-0.1, -0.05) is 47.5 Å². The molecule has 1 aromatic heterocycles. The topological polar surface area (TPSA) is 59.8 Å². The summed E-state index contributed by atoms with van der Waals surface area (Å²) >= 11 is 12.0. The molecule has 110 valence electrons. The number of para-hydroxylation sites is 1. The van der Waals surface area contributed by atoms with Gasteiger partial charge in [0.2, 0.25) is 0 Å². The Bertz CT molecular complexity index is 817. The van der Waals surface area contributed by atoms with Crippen LogP contribution in [-0.2, 0) is 0 Å². The van der Waals surface area contributed by atoms with E-state index in [-0.39, 0.29) is 10.7 Å². The van der Waals surface area contributed by atoms with Crippen LogP contribution in [0.15, 0.2) is 54.7 Å². The van der Waals surface area contributed by atoms with Gasteiger partial charge in [0.05, 0.1) is 27.6 Å². The maximum Gasteiger partial charge on any atom is 0.277 e. The summed E-state index contributed by atoms with van der Waals surface area (Å²) in [6, 6.07) is 14.3. The number of carbonyl (C=O) groups is 1. The highest BCUT2D eigenvalue weighted by molar-refractivity contribution is 6.44. The maximum atomic E-state index is 12.2. The first kappa shape index (κ1) is 14.6. The largest absolute Gasteiger partial charge is 0.319 e. The lowest BCUT2D eigenvalue weighted by molar-refractivity contribution is 0.102. The van der Waals surface area contributed by atoms with Crippen molar-refractivity contribution in [3.05, 3.63) is 70.5 Å². The Morgan fingerprint density at radius 3 is 2.59 bits per heavy atom. The number of hydrogen-bond acceptors (Lipinski definition) is 3. The Morgan fingerprint density at radius 2 is 1.82 bits per heavy atom. The molecular formula is C15H10Cl2N4O. The average Bonchev–Trinajstić information content (AvgIpc) is 3.03. The minimum absolute atomic E-state index is 0.180. The first-order chi connectivity index (χ1) is 10.6. The number of nitrogens with zero attached hydrogens (tertiary/aromatic N) is 3. The van der Waals surface area contributed by atoms with Crippen LogP contribution in [0.4, 0.5) is 5.69 Å². The van der Waals surface area contributed by atoms with E-state index in [4.69, 9.17) is 23.2 Å².